The number of ether oxygens (including phenoxy) is 1. The second-order valence-corrected chi connectivity index (χ2v) is 7.54. The predicted octanol–water partition coefficient (Wildman–Crippen LogP) is 5.97. The minimum absolute atomic E-state index is 0.122. The van der Waals surface area contributed by atoms with Gasteiger partial charge in [-0.2, -0.15) is 4.98 Å². The van der Waals surface area contributed by atoms with Crippen molar-refractivity contribution in [1.29, 1.82) is 0 Å². The molecule has 0 aromatic carbocycles. The maximum Gasteiger partial charge on any atom is 0.234 e. The van der Waals surface area contributed by atoms with Crippen LogP contribution in [-0.4, -0.2) is 27.6 Å². The van der Waals surface area contributed by atoms with Crippen molar-refractivity contribution in [2.75, 3.05) is 11.9 Å². The molecular formula is C15H15Cl5N4O. The summed E-state index contributed by atoms with van der Waals surface area (Å²) in [6, 6.07) is 1.32. The molecule has 2 aromatic heterocycles. The van der Waals surface area contributed by atoms with Crippen LogP contribution in [0.2, 0.25) is 20.2 Å². The Hall–Kier alpha value is -0.720. The predicted molar refractivity (Wildman–Crippen MR) is 104 cm³/mol. The third-order valence-corrected chi connectivity index (χ3v) is 4.60. The Labute approximate surface area is 171 Å². The summed E-state index contributed by atoms with van der Waals surface area (Å²) in [4.78, 5) is 12.6. The van der Waals surface area contributed by atoms with E-state index in [4.69, 9.17) is 62.7 Å². The van der Waals surface area contributed by atoms with E-state index in [2.05, 4.69) is 20.3 Å². The molecular weight excluding hydrogens is 429 g/mol. The van der Waals surface area contributed by atoms with Crippen LogP contribution < -0.4 is 10.1 Å². The van der Waals surface area contributed by atoms with Gasteiger partial charge in [0.05, 0.1) is 22.1 Å². The maximum absolute atomic E-state index is 6.32. The third-order valence-electron chi connectivity index (χ3n) is 3.07. The van der Waals surface area contributed by atoms with Crippen molar-refractivity contribution in [3.63, 3.8) is 0 Å². The zero-order valence-electron chi connectivity index (χ0n) is 13.6. The van der Waals surface area contributed by atoms with E-state index in [1.165, 1.54) is 6.07 Å². The Kier molecular flexibility index (Phi) is 7.23. The monoisotopic (exact) mass is 442 g/mol. The first kappa shape index (κ1) is 20.6. The number of hydrogen-bond donors (Lipinski definition) is 1. The van der Waals surface area contributed by atoms with Crippen molar-refractivity contribution in [2.45, 2.75) is 32.2 Å². The molecule has 0 spiro atoms. The average molecular weight is 445 g/mol. The summed E-state index contributed by atoms with van der Waals surface area (Å²) >= 11 is 30.2. The first-order valence-electron chi connectivity index (χ1n) is 7.28. The standard InChI is InChI=1S/C15H15Cl5N4O/c1-6(5-25-15-10(18)4-9(17)13(20)24-15)21-14-11(19)12(7(2)16)22-8(3)23-14/h4,6-7H,5H2,1-3H3,(H,21,22,23). The van der Waals surface area contributed by atoms with Crippen LogP contribution in [0.5, 0.6) is 5.88 Å². The quantitative estimate of drug-likeness (QED) is 0.439. The fourth-order valence-corrected chi connectivity index (χ4v) is 3.01. The second-order valence-electron chi connectivity index (χ2n) is 5.34. The molecule has 2 heterocycles. The van der Waals surface area contributed by atoms with E-state index in [0.717, 1.165) is 0 Å². The highest BCUT2D eigenvalue weighted by molar-refractivity contribution is 6.42. The summed E-state index contributed by atoms with van der Waals surface area (Å²) in [6.07, 6.45) is 0. The number of aromatic nitrogens is 3. The molecule has 0 aliphatic rings. The molecule has 10 heteroatoms. The fourth-order valence-electron chi connectivity index (χ4n) is 1.95. The molecule has 0 radical (unpaired) electrons. The van der Waals surface area contributed by atoms with E-state index < -0.39 is 0 Å². The lowest BCUT2D eigenvalue weighted by Gasteiger charge is -2.18. The highest BCUT2D eigenvalue weighted by Crippen LogP contribution is 2.32. The molecule has 0 saturated heterocycles. The Morgan fingerprint density at radius 2 is 1.76 bits per heavy atom. The van der Waals surface area contributed by atoms with E-state index in [1.807, 2.05) is 6.92 Å². The molecule has 2 atom stereocenters. The van der Waals surface area contributed by atoms with Crippen LogP contribution in [0.25, 0.3) is 0 Å². The van der Waals surface area contributed by atoms with Gasteiger partial charge in [0.15, 0.2) is 5.15 Å². The van der Waals surface area contributed by atoms with E-state index in [0.29, 0.717) is 22.4 Å². The molecule has 2 rings (SSSR count). The molecule has 2 unspecified atom stereocenters. The summed E-state index contributed by atoms with van der Waals surface area (Å²) in [7, 11) is 0. The third kappa shape index (κ3) is 5.38. The topological polar surface area (TPSA) is 59.9 Å². The Bertz CT molecular complexity index is 772. The molecule has 0 aliphatic heterocycles. The van der Waals surface area contributed by atoms with Crippen LogP contribution in [0.4, 0.5) is 5.82 Å². The average Bonchev–Trinajstić information content (AvgIpc) is 2.52. The number of nitrogens with zero attached hydrogens (tertiary/aromatic N) is 3. The molecule has 136 valence electrons. The van der Waals surface area contributed by atoms with Gasteiger partial charge in [0.1, 0.15) is 28.3 Å². The smallest absolute Gasteiger partial charge is 0.234 e. The van der Waals surface area contributed by atoms with Crippen LogP contribution in [-0.2, 0) is 0 Å². The zero-order valence-corrected chi connectivity index (χ0v) is 17.4. The Balaban J connectivity index is 2.08. The van der Waals surface area contributed by atoms with Crippen molar-refractivity contribution in [3.8, 4) is 5.88 Å². The van der Waals surface area contributed by atoms with Gasteiger partial charge in [-0.25, -0.2) is 9.97 Å². The lowest BCUT2D eigenvalue weighted by atomic mass is 10.3. The van der Waals surface area contributed by atoms with Crippen molar-refractivity contribution in [3.05, 3.63) is 37.8 Å². The minimum atomic E-state index is -0.333. The van der Waals surface area contributed by atoms with Gasteiger partial charge in [-0.15, -0.1) is 11.6 Å². The van der Waals surface area contributed by atoms with Crippen LogP contribution >= 0.6 is 58.0 Å². The van der Waals surface area contributed by atoms with Gasteiger partial charge in [-0.3, -0.25) is 0 Å². The molecule has 0 bridgehead atoms. The van der Waals surface area contributed by atoms with E-state index in [9.17, 15) is 0 Å². The van der Waals surface area contributed by atoms with Crippen LogP contribution in [0, 0.1) is 6.92 Å². The van der Waals surface area contributed by atoms with E-state index in [-0.39, 0.29) is 39.1 Å². The number of halogens is 5. The van der Waals surface area contributed by atoms with Crippen LogP contribution in [0.1, 0.15) is 30.7 Å². The summed E-state index contributed by atoms with van der Waals surface area (Å²) in [6.45, 7) is 5.70. The fraction of sp³-hybridized carbons (Fsp3) is 0.400. The van der Waals surface area contributed by atoms with Gasteiger partial charge in [0, 0.05) is 0 Å². The van der Waals surface area contributed by atoms with E-state index >= 15 is 0 Å². The first-order valence-corrected chi connectivity index (χ1v) is 9.22. The van der Waals surface area contributed by atoms with Gasteiger partial charge >= 0.3 is 0 Å². The summed E-state index contributed by atoms with van der Waals surface area (Å²) in [5, 5.41) is 3.87. The lowest BCUT2D eigenvalue weighted by molar-refractivity contribution is 0.292. The van der Waals surface area contributed by atoms with Gasteiger partial charge < -0.3 is 10.1 Å². The van der Waals surface area contributed by atoms with Crippen molar-refractivity contribution < 1.29 is 4.74 Å². The van der Waals surface area contributed by atoms with Gasteiger partial charge in [0.25, 0.3) is 0 Å². The number of aryl methyl sites for hydroxylation is 1. The lowest BCUT2D eigenvalue weighted by Crippen LogP contribution is -2.25. The second kappa shape index (κ2) is 8.78. The Morgan fingerprint density at radius 1 is 1.08 bits per heavy atom. The molecule has 5 nitrogen and oxygen atoms in total. The van der Waals surface area contributed by atoms with Gasteiger partial charge in [-0.1, -0.05) is 46.4 Å². The first-order chi connectivity index (χ1) is 11.7. The van der Waals surface area contributed by atoms with Gasteiger partial charge in [0.2, 0.25) is 5.88 Å². The largest absolute Gasteiger partial charge is 0.474 e. The highest BCUT2D eigenvalue weighted by atomic mass is 35.5. The molecule has 1 N–H and O–H groups in total. The molecule has 25 heavy (non-hydrogen) atoms. The van der Waals surface area contributed by atoms with Crippen molar-refractivity contribution >= 4 is 63.8 Å². The molecule has 0 amide bonds. The molecule has 0 aliphatic carbocycles. The highest BCUT2D eigenvalue weighted by Gasteiger charge is 2.17. The Morgan fingerprint density at radius 3 is 2.40 bits per heavy atom. The zero-order chi connectivity index (χ0) is 18.7. The number of rotatable bonds is 6. The normalized spacial score (nSPS) is 13.4. The van der Waals surface area contributed by atoms with Crippen molar-refractivity contribution in [2.24, 2.45) is 0 Å². The van der Waals surface area contributed by atoms with Gasteiger partial charge in [-0.05, 0) is 26.8 Å². The SMILES string of the molecule is Cc1nc(NC(C)COc2nc(Cl)c(Cl)cc2Cl)c(Cl)c(C(C)Cl)n1. The van der Waals surface area contributed by atoms with Crippen molar-refractivity contribution in [1.82, 2.24) is 15.0 Å². The van der Waals surface area contributed by atoms with Crippen LogP contribution in [0.3, 0.4) is 0 Å². The summed E-state index contributed by atoms with van der Waals surface area (Å²) in [5.41, 5.74) is 0.570. The summed E-state index contributed by atoms with van der Waals surface area (Å²) in [5.74, 6) is 1.25. The molecule has 0 saturated carbocycles. The number of nitrogens with one attached hydrogen (secondary N) is 1. The van der Waals surface area contributed by atoms with Crippen LogP contribution in [0.15, 0.2) is 6.07 Å². The summed E-state index contributed by atoms with van der Waals surface area (Å²) < 4.78 is 5.59. The van der Waals surface area contributed by atoms with E-state index in [1.54, 1.807) is 13.8 Å². The number of hydrogen-bond acceptors (Lipinski definition) is 5. The number of pyridine rings is 1. The maximum atomic E-state index is 6.32. The molecule has 2 aromatic rings. The number of alkyl halides is 1. The minimum Gasteiger partial charge on any atom is -0.474 e. The number of anilines is 1. The molecule has 0 fully saturated rings.